The molecular weight excluding hydrogens is 887 g/mol. The summed E-state index contributed by atoms with van der Waals surface area (Å²) in [6.07, 6.45) is 75.7. The molecule has 0 aliphatic heterocycles. The van der Waals surface area contributed by atoms with E-state index in [1.54, 1.807) is 6.08 Å². The molecule has 0 fully saturated rings. The molecule has 6 nitrogen and oxygen atoms in total. The smallest absolute Gasteiger partial charge is 0.305 e. The van der Waals surface area contributed by atoms with Crippen molar-refractivity contribution in [3.63, 3.8) is 0 Å². The summed E-state index contributed by atoms with van der Waals surface area (Å²) in [5.41, 5.74) is 0. The third-order valence-electron chi connectivity index (χ3n) is 15.6. The van der Waals surface area contributed by atoms with E-state index in [0.717, 1.165) is 38.5 Å². The van der Waals surface area contributed by atoms with E-state index >= 15 is 0 Å². The fraction of sp³-hybridized carbons (Fsp3) is 0.939. The minimum Gasteiger partial charge on any atom is -0.466 e. The first-order chi connectivity index (χ1) is 35.5. The number of rotatable bonds is 62. The topological polar surface area (TPSA) is 95.9 Å². The number of hydrogen-bond acceptors (Lipinski definition) is 5. The van der Waals surface area contributed by atoms with Crippen molar-refractivity contribution in [2.75, 3.05) is 13.2 Å². The highest BCUT2D eigenvalue weighted by molar-refractivity contribution is 5.76. The first-order valence-corrected chi connectivity index (χ1v) is 33.0. The monoisotopic (exact) mass is 1020 g/mol. The van der Waals surface area contributed by atoms with Gasteiger partial charge in [-0.2, -0.15) is 0 Å². The van der Waals surface area contributed by atoms with Crippen LogP contribution in [-0.4, -0.2) is 47.4 Å². The Morgan fingerprint density at radius 2 is 0.639 bits per heavy atom. The van der Waals surface area contributed by atoms with Gasteiger partial charge in [0.15, 0.2) is 0 Å². The predicted molar refractivity (Wildman–Crippen MR) is 315 cm³/mol. The van der Waals surface area contributed by atoms with Gasteiger partial charge in [0.25, 0.3) is 0 Å². The molecule has 0 aliphatic carbocycles. The van der Waals surface area contributed by atoms with Gasteiger partial charge in [-0.1, -0.05) is 341 Å². The molecule has 428 valence electrons. The molecular formula is C66H129NO5. The highest BCUT2D eigenvalue weighted by Crippen LogP contribution is 2.19. The van der Waals surface area contributed by atoms with E-state index in [0.29, 0.717) is 19.4 Å². The van der Waals surface area contributed by atoms with E-state index in [9.17, 15) is 19.8 Å². The van der Waals surface area contributed by atoms with Crippen molar-refractivity contribution in [3.8, 4) is 0 Å². The van der Waals surface area contributed by atoms with Crippen LogP contribution in [0.5, 0.6) is 0 Å². The van der Waals surface area contributed by atoms with Crippen molar-refractivity contribution >= 4 is 11.9 Å². The van der Waals surface area contributed by atoms with Gasteiger partial charge in [-0.05, 0) is 32.1 Å². The second-order valence-electron chi connectivity index (χ2n) is 22.8. The molecule has 6 heteroatoms. The van der Waals surface area contributed by atoms with Crippen LogP contribution in [-0.2, 0) is 14.3 Å². The van der Waals surface area contributed by atoms with E-state index in [-0.39, 0.29) is 18.5 Å². The molecule has 0 aromatic heterocycles. The van der Waals surface area contributed by atoms with Crippen molar-refractivity contribution in [1.82, 2.24) is 5.32 Å². The van der Waals surface area contributed by atoms with Gasteiger partial charge in [-0.3, -0.25) is 9.59 Å². The lowest BCUT2D eigenvalue weighted by molar-refractivity contribution is -0.143. The largest absolute Gasteiger partial charge is 0.466 e. The Labute approximate surface area is 450 Å². The standard InChI is InChI=1S/C66H129NO5/c1-3-5-7-9-11-13-15-16-17-30-34-37-40-44-48-52-56-60-66(71)72-61-57-53-49-45-41-38-35-32-29-27-25-23-21-19-18-20-22-24-26-28-31-33-36-39-43-47-51-55-59-65(70)67-63(62-68)64(69)58-54-50-46-42-14-12-10-8-6-4-2/h54,58,63-64,68-69H,3-53,55-57,59-62H2,1-2H3,(H,67,70)/b58-54+. The number of esters is 1. The molecule has 0 heterocycles. The maximum absolute atomic E-state index is 12.4. The molecule has 1 amide bonds. The first kappa shape index (κ1) is 70.6. The molecule has 3 N–H and O–H groups in total. The lowest BCUT2D eigenvalue weighted by Gasteiger charge is -2.20. The normalized spacial score (nSPS) is 12.6. The summed E-state index contributed by atoms with van der Waals surface area (Å²) in [5.74, 6) is -0.0420. The zero-order valence-electron chi connectivity index (χ0n) is 48.9. The molecule has 0 aromatic rings. The predicted octanol–water partition coefficient (Wildman–Crippen LogP) is 20.8. The van der Waals surface area contributed by atoms with Crippen LogP contribution in [0.1, 0.15) is 373 Å². The van der Waals surface area contributed by atoms with Crippen LogP contribution in [0.25, 0.3) is 0 Å². The number of allylic oxidation sites excluding steroid dienone is 1. The van der Waals surface area contributed by atoms with Crippen LogP contribution >= 0.6 is 0 Å². The number of nitrogens with one attached hydrogen (secondary N) is 1. The maximum Gasteiger partial charge on any atom is 0.305 e. The summed E-state index contributed by atoms with van der Waals surface area (Å²) in [6.45, 7) is 4.92. The van der Waals surface area contributed by atoms with Gasteiger partial charge in [0, 0.05) is 12.8 Å². The Balaban J connectivity index is 3.30. The van der Waals surface area contributed by atoms with E-state index in [4.69, 9.17) is 4.74 Å². The summed E-state index contributed by atoms with van der Waals surface area (Å²) < 4.78 is 5.51. The number of ether oxygens (including phenoxy) is 1. The molecule has 0 aliphatic rings. The molecule has 0 saturated carbocycles. The summed E-state index contributed by atoms with van der Waals surface area (Å²) in [6, 6.07) is -0.623. The fourth-order valence-corrected chi connectivity index (χ4v) is 10.5. The average molecular weight is 1020 g/mol. The van der Waals surface area contributed by atoms with E-state index in [1.165, 1.54) is 308 Å². The van der Waals surface area contributed by atoms with Crippen molar-refractivity contribution in [2.24, 2.45) is 0 Å². The molecule has 0 spiro atoms. The van der Waals surface area contributed by atoms with Crippen LogP contribution in [0.3, 0.4) is 0 Å². The Morgan fingerprint density at radius 1 is 0.375 bits per heavy atom. The van der Waals surface area contributed by atoms with E-state index in [2.05, 4.69) is 19.2 Å². The Bertz CT molecular complexity index is 1080. The lowest BCUT2D eigenvalue weighted by Crippen LogP contribution is -2.45. The number of hydrogen-bond donors (Lipinski definition) is 3. The van der Waals surface area contributed by atoms with Crippen molar-refractivity contribution < 1.29 is 24.5 Å². The second kappa shape index (κ2) is 62.1. The van der Waals surface area contributed by atoms with Crippen LogP contribution in [0.4, 0.5) is 0 Å². The van der Waals surface area contributed by atoms with Crippen LogP contribution in [0.15, 0.2) is 12.2 Å². The van der Waals surface area contributed by atoms with Crippen molar-refractivity contribution in [2.45, 2.75) is 386 Å². The number of aliphatic hydroxyl groups excluding tert-OH is 2. The number of carbonyl (C=O) groups excluding carboxylic acids is 2. The highest BCUT2D eigenvalue weighted by Gasteiger charge is 2.18. The molecule has 72 heavy (non-hydrogen) atoms. The summed E-state index contributed by atoms with van der Waals surface area (Å²) in [5, 5.41) is 23.0. The fourth-order valence-electron chi connectivity index (χ4n) is 10.5. The lowest BCUT2D eigenvalue weighted by atomic mass is 10.0. The van der Waals surface area contributed by atoms with Crippen LogP contribution < -0.4 is 5.32 Å². The molecule has 0 saturated heterocycles. The number of aliphatic hydroxyl groups is 2. The summed E-state index contributed by atoms with van der Waals surface area (Å²) in [7, 11) is 0. The van der Waals surface area contributed by atoms with Gasteiger partial charge in [-0.25, -0.2) is 0 Å². The van der Waals surface area contributed by atoms with Gasteiger partial charge in [0.05, 0.1) is 25.4 Å². The molecule has 0 radical (unpaired) electrons. The highest BCUT2D eigenvalue weighted by atomic mass is 16.5. The summed E-state index contributed by atoms with van der Waals surface area (Å²) >= 11 is 0. The van der Waals surface area contributed by atoms with Gasteiger partial charge in [0.2, 0.25) is 5.91 Å². The first-order valence-electron chi connectivity index (χ1n) is 33.0. The van der Waals surface area contributed by atoms with Gasteiger partial charge >= 0.3 is 5.97 Å². The minimum absolute atomic E-state index is 0.0230. The molecule has 0 aromatic carbocycles. The third-order valence-corrected chi connectivity index (χ3v) is 15.6. The second-order valence-corrected chi connectivity index (χ2v) is 22.8. The molecule has 0 bridgehead atoms. The Hall–Kier alpha value is -1.40. The molecule has 2 unspecified atom stereocenters. The number of carbonyl (C=O) groups is 2. The molecule has 0 rings (SSSR count). The third kappa shape index (κ3) is 57.9. The average Bonchev–Trinajstić information content (AvgIpc) is 3.38. The van der Waals surface area contributed by atoms with E-state index in [1.807, 2.05) is 6.08 Å². The number of amides is 1. The summed E-state index contributed by atoms with van der Waals surface area (Å²) in [4.78, 5) is 24.5. The zero-order valence-corrected chi connectivity index (χ0v) is 48.9. The maximum atomic E-state index is 12.4. The van der Waals surface area contributed by atoms with Crippen molar-refractivity contribution in [3.05, 3.63) is 12.2 Å². The number of unbranched alkanes of at least 4 members (excludes halogenated alkanes) is 51. The van der Waals surface area contributed by atoms with E-state index < -0.39 is 12.1 Å². The molecule has 2 atom stereocenters. The quantitative estimate of drug-likeness (QED) is 0.0320. The zero-order chi connectivity index (χ0) is 52.2. The Kier molecular flexibility index (Phi) is 60.9. The van der Waals surface area contributed by atoms with Crippen LogP contribution in [0.2, 0.25) is 0 Å². The SMILES string of the molecule is CCCCCCCCCC/C=C/C(O)C(CO)NC(=O)CCCCCCCCCCCCCCCCCCCCCCCCCCCCCCOC(=O)CCCCCCCCCCCCCCCCCCC. The minimum atomic E-state index is -0.839. The van der Waals surface area contributed by atoms with Crippen LogP contribution in [0, 0.1) is 0 Å². The van der Waals surface area contributed by atoms with Crippen molar-refractivity contribution in [1.29, 1.82) is 0 Å². The Morgan fingerprint density at radius 3 is 0.944 bits per heavy atom. The van der Waals surface area contributed by atoms with Gasteiger partial charge in [-0.15, -0.1) is 0 Å². The van der Waals surface area contributed by atoms with Gasteiger partial charge < -0.3 is 20.3 Å². The van der Waals surface area contributed by atoms with Gasteiger partial charge in [0.1, 0.15) is 0 Å².